The standard InChI is InChI=1S/C33H34N2O8S2/c1-41-27-10-6-21(15-28(27)42-17-30(37)34-24(32(39)40)13-18-3-7-22(36)8-4-18)26-11-9-23(43-26)16-29-31(38)35(33(44)45-29)25-14-19-2-5-20(25)12-19/h3,6-7,9-11,15-16,19-20,24-25,36H,2,4-5,8,12-14,17H2,1H3,(H,34,37)(H,39,40)/b29-16-/t19-,20?,24-,25?/m0/s1. The highest BCUT2D eigenvalue weighted by Crippen LogP contribution is 2.49. The van der Waals surface area contributed by atoms with Crippen LogP contribution in [-0.4, -0.2) is 63.0 Å². The van der Waals surface area contributed by atoms with E-state index in [4.69, 9.17) is 26.1 Å². The Morgan fingerprint density at radius 1 is 1.18 bits per heavy atom. The summed E-state index contributed by atoms with van der Waals surface area (Å²) in [7, 11) is 1.48. The van der Waals surface area contributed by atoms with Gasteiger partial charge in [0, 0.05) is 24.1 Å². The van der Waals surface area contributed by atoms with E-state index in [0.717, 1.165) is 18.4 Å². The number of thioether (sulfide) groups is 1. The number of methoxy groups -OCH3 is 1. The van der Waals surface area contributed by atoms with Crippen molar-refractivity contribution in [2.75, 3.05) is 13.7 Å². The second-order valence-corrected chi connectivity index (χ2v) is 13.5. The average Bonchev–Trinajstić information content (AvgIpc) is 3.82. The fourth-order valence-electron chi connectivity index (χ4n) is 6.63. The smallest absolute Gasteiger partial charge is 0.326 e. The summed E-state index contributed by atoms with van der Waals surface area (Å²) in [5.74, 6) is 1.35. The molecule has 1 aromatic carbocycles. The Labute approximate surface area is 270 Å². The monoisotopic (exact) mass is 650 g/mol. The number of hydrogen-bond acceptors (Lipinski definition) is 9. The minimum Gasteiger partial charge on any atom is -0.512 e. The molecule has 1 saturated heterocycles. The average molecular weight is 651 g/mol. The van der Waals surface area contributed by atoms with Gasteiger partial charge >= 0.3 is 5.97 Å². The van der Waals surface area contributed by atoms with E-state index in [9.17, 15) is 24.6 Å². The van der Waals surface area contributed by atoms with Crippen molar-refractivity contribution in [3.63, 3.8) is 0 Å². The van der Waals surface area contributed by atoms with Crippen LogP contribution in [0.25, 0.3) is 17.4 Å². The molecule has 2 amide bonds. The van der Waals surface area contributed by atoms with Gasteiger partial charge in [-0.25, -0.2) is 4.79 Å². The van der Waals surface area contributed by atoms with Crippen molar-refractivity contribution < 1.29 is 38.5 Å². The maximum atomic E-state index is 13.3. The molecule has 3 aliphatic carbocycles. The SMILES string of the molecule is COc1ccc(-c2ccc(/C=C3\SC(=S)N(C4C[C@H]5CCC4C5)C3=O)o2)cc1OCC(=O)N[C@@H](CC1=CC=C(O)CC1)C(=O)O. The minimum absolute atomic E-state index is 0.0596. The lowest BCUT2D eigenvalue weighted by atomic mass is 9.94. The maximum absolute atomic E-state index is 13.3. The number of amides is 2. The van der Waals surface area contributed by atoms with Crippen LogP contribution in [0.15, 0.2) is 63.1 Å². The summed E-state index contributed by atoms with van der Waals surface area (Å²) in [5, 5.41) is 21.7. The van der Waals surface area contributed by atoms with Crippen LogP contribution in [0.5, 0.6) is 11.5 Å². The van der Waals surface area contributed by atoms with Gasteiger partial charge in [-0.1, -0.05) is 42.0 Å². The Hall–Kier alpha value is -4.03. The number of ether oxygens (including phenoxy) is 2. The number of aliphatic hydroxyl groups excluding tert-OH is 1. The molecule has 1 aromatic heterocycles. The molecule has 2 heterocycles. The number of aliphatic carboxylic acids is 1. The number of nitrogens with one attached hydrogen (secondary N) is 1. The van der Waals surface area contributed by atoms with Crippen molar-refractivity contribution >= 4 is 52.2 Å². The molecule has 0 spiro atoms. The Balaban J connectivity index is 1.10. The number of aliphatic hydroxyl groups is 1. The lowest BCUT2D eigenvalue weighted by Gasteiger charge is -2.30. The highest BCUT2D eigenvalue weighted by molar-refractivity contribution is 8.26. The molecule has 2 bridgehead atoms. The van der Waals surface area contributed by atoms with Crippen LogP contribution in [0, 0.1) is 11.8 Å². The summed E-state index contributed by atoms with van der Waals surface area (Å²) in [4.78, 5) is 40.1. The highest BCUT2D eigenvalue weighted by atomic mass is 32.2. The van der Waals surface area contributed by atoms with Crippen LogP contribution < -0.4 is 14.8 Å². The van der Waals surface area contributed by atoms with E-state index >= 15 is 0 Å². The molecule has 0 radical (unpaired) electrons. The number of carboxylic acids is 1. The molecule has 2 aromatic rings. The van der Waals surface area contributed by atoms with Gasteiger partial charge in [-0.2, -0.15) is 0 Å². The zero-order valence-electron chi connectivity index (χ0n) is 24.7. The number of allylic oxidation sites excluding steroid dienone is 3. The lowest BCUT2D eigenvalue weighted by molar-refractivity contribution is -0.142. The third-order valence-corrected chi connectivity index (χ3v) is 10.2. The number of fused-ring (bicyclic) bond motifs is 2. The second kappa shape index (κ2) is 13.1. The Kier molecular flexibility index (Phi) is 9.04. The van der Waals surface area contributed by atoms with Gasteiger partial charge < -0.3 is 29.4 Å². The van der Waals surface area contributed by atoms with Gasteiger partial charge in [0.1, 0.15) is 21.9 Å². The summed E-state index contributed by atoms with van der Waals surface area (Å²) in [6, 6.07) is 7.77. The van der Waals surface area contributed by atoms with Crippen molar-refractivity contribution in [3.05, 3.63) is 64.5 Å². The van der Waals surface area contributed by atoms with Crippen molar-refractivity contribution in [1.29, 1.82) is 0 Å². The quantitative estimate of drug-likeness (QED) is 0.201. The van der Waals surface area contributed by atoms with Gasteiger partial charge in [0.2, 0.25) is 0 Å². The first-order chi connectivity index (χ1) is 21.7. The molecule has 236 valence electrons. The molecule has 2 unspecified atom stereocenters. The van der Waals surface area contributed by atoms with Gasteiger partial charge in [0.25, 0.3) is 11.8 Å². The molecular weight excluding hydrogens is 617 g/mol. The predicted octanol–water partition coefficient (Wildman–Crippen LogP) is 5.85. The number of nitrogens with zero attached hydrogens (tertiary/aromatic N) is 1. The molecule has 12 heteroatoms. The van der Waals surface area contributed by atoms with Crippen molar-refractivity contribution in [3.8, 4) is 22.8 Å². The lowest BCUT2D eigenvalue weighted by Crippen LogP contribution is -2.43. The molecule has 45 heavy (non-hydrogen) atoms. The fourth-order valence-corrected chi connectivity index (χ4v) is 7.98. The van der Waals surface area contributed by atoms with Crippen LogP contribution in [-0.2, 0) is 14.4 Å². The van der Waals surface area contributed by atoms with Crippen LogP contribution in [0.4, 0.5) is 0 Å². The molecule has 10 nitrogen and oxygen atoms in total. The van der Waals surface area contributed by atoms with E-state index in [1.807, 2.05) is 4.90 Å². The van der Waals surface area contributed by atoms with E-state index in [-0.39, 0.29) is 29.9 Å². The van der Waals surface area contributed by atoms with Crippen LogP contribution in [0.1, 0.15) is 50.7 Å². The van der Waals surface area contributed by atoms with Gasteiger partial charge in [-0.3, -0.25) is 14.5 Å². The molecule has 1 aliphatic heterocycles. The minimum atomic E-state index is -1.16. The molecule has 2 saturated carbocycles. The number of hydrogen-bond donors (Lipinski definition) is 3. The summed E-state index contributed by atoms with van der Waals surface area (Å²) < 4.78 is 17.8. The van der Waals surface area contributed by atoms with E-state index in [2.05, 4.69) is 5.32 Å². The molecule has 4 atom stereocenters. The van der Waals surface area contributed by atoms with Gasteiger partial charge in [0.05, 0.1) is 17.8 Å². The van der Waals surface area contributed by atoms with Crippen LogP contribution in [0.2, 0.25) is 0 Å². The predicted molar refractivity (Wildman–Crippen MR) is 173 cm³/mol. The molecule has 3 N–H and O–H groups in total. The number of benzene rings is 1. The van der Waals surface area contributed by atoms with E-state index < -0.39 is 24.5 Å². The number of rotatable bonds is 11. The number of thiocarbonyl (C=S) groups is 1. The van der Waals surface area contributed by atoms with E-state index in [1.54, 1.807) is 42.5 Å². The van der Waals surface area contributed by atoms with Crippen molar-refractivity contribution in [1.82, 2.24) is 10.2 Å². The van der Waals surface area contributed by atoms with Gasteiger partial charge in [-0.05, 0) is 80.3 Å². The van der Waals surface area contributed by atoms with Crippen molar-refractivity contribution in [2.24, 2.45) is 11.8 Å². The zero-order valence-corrected chi connectivity index (χ0v) is 26.3. The molecule has 6 rings (SSSR count). The molecular formula is C33H34N2O8S2. The highest BCUT2D eigenvalue weighted by Gasteiger charge is 2.48. The zero-order chi connectivity index (χ0) is 31.7. The Morgan fingerprint density at radius 2 is 2.02 bits per heavy atom. The summed E-state index contributed by atoms with van der Waals surface area (Å²) in [5.41, 5.74) is 1.48. The van der Waals surface area contributed by atoms with E-state index in [1.165, 1.54) is 37.8 Å². The maximum Gasteiger partial charge on any atom is 0.326 e. The molecule has 4 aliphatic rings. The van der Waals surface area contributed by atoms with E-state index in [0.29, 0.717) is 56.7 Å². The van der Waals surface area contributed by atoms with Crippen LogP contribution >= 0.6 is 24.0 Å². The fraction of sp³-hybridized carbons (Fsp3) is 0.394. The number of carbonyl (C=O) groups is 3. The first-order valence-electron chi connectivity index (χ1n) is 15.0. The van der Waals surface area contributed by atoms with Crippen LogP contribution in [0.3, 0.4) is 0 Å². The second-order valence-electron chi connectivity index (χ2n) is 11.8. The summed E-state index contributed by atoms with van der Waals surface area (Å²) in [6.45, 7) is -0.433. The van der Waals surface area contributed by atoms with Crippen molar-refractivity contribution in [2.45, 2.75) is 57.0 Å². The van der Waals surface area contributed by atoms with Gasteiger partial charge in [-0.15, -0.1) is 0 Å². The third-order valence-electron chi connectivity index (χ3n) is 8.88. The summed E-state index contributed by atoms with van der Waals surface area (Å²) in [6.07, 6.45) is 10.7. The number of carbonyl (C=O) groups excluding carboxylic acids is 2. The Morgan fingerprint density at radius 3 is 2.71 bits per heavy atom. The normalized spacial score (nSPS) is 24.1. The first kappa shape index (κ1) is 31.0. The number of furan rings is 1. The Bertz CT molecular complexity index is 1630. The number of carboxylic acid groups (broad SMARTS) is 1. The summed E-state index contributed by atoms with van der Waals surface area (Å²) >= 11 is 6.91. The first-order valence-corrected chi connectivity index (χ1v) is 16.2. The topological polar surface area (TPSA) is 139 Å². The van der Waals surface area contributed by atoms with Gasteiger partial charge in [0.15, 0.2) is 18.1 Å². The molecule has 3 fully saturated rings. The third kappa shape index (κ3) is 6.81. The largest absolute Gasteiger partial charge is 0.512 e.